The molecular formula is C11H15NO3. The zero-order chi connectivity index (χ0) is 11.1. The third-order valence-corrected chi connectivity index (χ3v) is 3.30. The van der Waals surface area contributed by atoms with Gasteiger partial charge in [-0.05, 0) is 12.5 Å². The van der Waals surface area contributed by atoms with Crippen molar-refractivity contribution in [1.29, 1.82) is 0 Å². The van der Waals surface area contributed by atoms with Gasteiger partial charge in [0.05, 0.1) is 17.9 Å². The van der Waals surface area contributed by atoms with E-state index in [0.717, 1.165) is 0 Å². The summed E-state index contributed by atoms with van der Waals surface area (Å²) in [5, 5.41) is 12.4. The topological polar surface area (TPSA) is 62.5 Å². The molecule has 82 valence electrons. The Morgan fingerprint density at radius 2 is 2.40 bits per heavy atom. The summed E-state index contributed by atoms with van der Waals surface area (Å²) >= 11 is 0. The second-order valence-corrected chi connectivity index (χ2v) is 4.61. The van der Waals surface area contributed by atoms with Crippen molar-refractivity contribution in [2.24, 2.45) is 5.41 Å². The maximum atomic E-state index is 11.7. The lowest BCUT2D eigenvalue weighted by Gasteiger charge is -2.49. The molecule has 2 rings (SSSR count). The highest BCUT2D eigenvalue weighted by molar-refractivity contribution is 5.94. The van der Waals surface area contributed by atoms with Crippen LogP contribution in [0.5, 0.6) is 0 Å². The van der Waals surface area contributed by atoms with Gasteiger partial charge in [0.1, 0.15) is 6.26 Å². The standard InChI is InChI=1S/C11H15NO3/c1-11(2)8(5-9(11)13)12-10(14)7-3-4-15-6-7/h3-4,6,8-9,13H,5H2,1-2H3,(H,12,14). The molecule has 1 aliphatic rings. The summed E-state index contributed by atoms with van der Waals surface area (Å²) in [6.45, 7) is 3.89. The minimum Gasteiger partial charge on any atom is -0.472 e. The Hall–Kier alpha value is -1.29. The second kappa shape index (κ2) is 3.38. The summed E-state index contributed by atoms with van der Waals surface area (Å²) in [5.41, 5.74) is 0.284. The van der Waals surface area contributed by atoms with Gasteiger partial charge in [-0.25, -0.2) is 0 Å². The Kier molecular flexibility index (Phi) is 2.31. The molecule has 1 amide bonds. The van der Waals surface area contributed by atoms with E-state index >= 15 is 0 Å². The van der Waals surface area contributed by atoms with Crippen LogP contribution in [0.15, 0.2) is 23.0 Å². The SMILES string of the molecule is CC1(C)C(O)CC1NC(=O)c1ccoc1. The molecule has 1 fully saturated rings. The van der Waals surface area contributed by atoms with Crippen LogP contribution in [0.1, 0.15) is 30.6 Å². The molecule has 1 aromatic rings. The van der Waals surface area contributed by atoms with Crippen molar-refractivity contribution >= 4 is 5.91 Å². The number of carbonyl (C=O) groups excluding carboxylic acids is 1. The third kappa shape index (κ3) is 1.65. The Morgan fingerprint density at radius 1 is 1.67 bits per heavy atom. The van der Waals surface area contributed by atoms with Gasteiger partial charge >= 0.3 is 0 Å². The van der Waals surface area contributed by atoms with E-state index in [1.165, 1.54) is 12.5 Å². The summed E-state index contributed by atoms with van der Waals surface area (Å²) < 4.78 is 4.83. The Bertz CT molecular complexity index is 356. The smallest absolute Gasteiger partial charge is 0.254 e. The van der Waals surface area contributed by atoms with Crippen LogP contribution in [0.4, 0.5) is 0 Å². The highest BCUT2D eigenvalue weighted by Gasteiger charge is 2.47. The molecule has 0 bridgehead atoms. The highest BCUT2D eigenvalue weighted by atomic mass is 16.3. The van der Waals surface area contributed by atoms with Gasteiger partial charge in [-0.1, -0.05) is 13.8 Å². The van der Waals surface area contributed by atoms with Gasteiger partial charge in [0.2, 0.25) is 0 Å². The number of nitrogens with one attached hydrogen (secondary N) is 1. The molecule has 15 heavy (non-hydrogen) atoms. The molecule has 2 unspecified atom stereocenters. The van der Waals surface area contributed by atoms with E-state index in [1.54, 1.807) is 6.07 Å². The molecule has 4 nitrogen and oxygen atoms in total. The fourth-order valence-corrected chi connectivity index (χ4v) is 1.78. The minimum atomic E-state index is -0.327. The van der Waals surface area contributed by atoms with Crippen LogP contribution in [0.3, 0.4) is 0 Å². The number of hydrogen-bond donors (Lipinski definition) is 2. The largest absolute Gasteiger partial charge is 0.472 e. The molecule has 1 aromatic heterocycles. The van der Waals surface area contributed by atoms with Gasteiger partial charge in [-0.2, -0.15) is 0 Å². The van der Waals surface area contributed by atoms with E-state index in [9.17, 15) is 9.90 Å². The van der Waals surface area contributed by atoms with Crippen molar-refractivity contribution in [3.05, 3.63) is 24.2 Å². The van der Waals surface area contributed by atoms with Gasteiger partial charge in [0.25, 0.3) is 5.91 Å². The molecule has 4 heteroatoms. The van der Waals surface area contributed by atoms with Gasteiger partial charge in [-0.15, -0.1) is 0 Å². The van der Waals surface area contributed by atoms with Crippen molar-refractivity contribution in [1.82, 2.24) is 5.32 Å². The van der Waals surface area contributed by atoms with E-state index in [-0.39, 0.29) is 23.5 Å². The van der Waals surface area contributed by atoms with Crippen molar-refractivity contribution in [3.63, 3.8) is 0 Å². The number of carbonyl (C=O) groups is 1. The average molecular weight is 209 g/mol. The normalized spacial score (nSPS) is 28.2. The fraction of sp³-hybridized carbons (Fsp3) is 0.545. The van der Waals surface area contributed by atoms with Gasteiger partial charge in [0.15, 0.2) is 0 Å². The second-order valence-electron chi connectivity index (χ2n) is 4.61. The Morgan fingerprint density at radius 3 is 2.87 bits per heavy atom. The maximum absolute atomic E-state index is 11.7. The van der Waals surface area contributed by atoms with Crippen molar-refractivity contribution < 1.29 is 14.3 Å². The lowest BCUT2D eigenvalue weighted by atomic mass is 9.64. The van der Waals surface area contributed by atoms with E-state index in [0.29, 0.717) is 12.0 Å². The summed E-state index contributed by atoms with van der Waals surface area (Å²) in [6, 6.07) is 1.66. The van der Waals surface area contributed by atoms with Crippen LogP contribution < -0.4 is 5.32 Å². The zero-order valence-electron chi connectivity index (χ0n) is 8.86. The molecule has 0 saturated heterocycles. The molecule has 1 saturated carbocycles. The summed E-state index contributed by atoms with van der Waals surface area (Å²) in [6.07, 6.45) is 3.18. The average Bonchev–Trinajstić information content (AvgIpc) is 2.70. The quantitative estimate of drug-likeness (QED) is 0.768. The number of aliphatic hydroxyl groups excluding tert-OH is 1. The Labute approximate surface area is 88.3 Å². The third-order valence-electron chi connectivity index (χ3n) is 3.30. The van der Waals surface area contributed by atoms with Crippen molar-refractivity contribution in [2.75, 3.05) is 0 Å². The van der Waals surface area contributed by atoms with Crippen molar-refractivity contribution in [2.45, 2.75) is 32.4 Å². The molecule has 0 radical (unpaired) electrons. The first-order valence-corrected chi connectivity index (χ1v) is 5.03. The van der Waals surface area contributed by atoms with Crippen LogP contribution in [0.25, 0.3) is 0 Å². The molecule has 2 N–H and O–H groups in total. The molecule has 0 aromatic carbocycles. The molecular weight excluding hydrogens is 194 g/mol. The first-order chi connectivity index (χ1) is 7.01. The van der Waals surface area contributed by atoms with Crippen LogP contribution >= 0.6 is 0 Å². The molecule has 0 aliphatic heterocycles. The van der Waals surface area contributed by atoms with Crippen LogP contribution in [-0.4, -0.2) is 23.2 Å². The summed E-state index contributed by atoms with van der Waals surface area (Å²) in [5.74, 6) is -0.145. The van der Waals surface area contributed by atoms with E-state index in [2.05, 4.69) is 5.32 Å². The van der Waals surface area contributed by atoms with E-state index in [1.807, 2.05) is 13.8 Å². The lowest BCUT2D eigenvalue weighted by Crippen LogP contribution is -2.61. The molecule has 2 atom stereocenters. The Balaban J connectivity index is 1.97. The first-order valence-electron chi connectivity index (χ1n) is 5.03. The van der Waals surface area contributed by atoms with Crippen LogP contribution in [0, 0.1) is 5.41 Å². The molecule has 0 spiro atoms. The number of furan rings is 1. The van der Waals surface area contributed by atoms with Gasteiger partial charge in [-0.3, -0.25) is 4.79 Å². The molecule has 1 aliphatic carbocycles. The minimum absolute atomic E-state index is 0.0369. The van der Waals surface area contributed by atoms with Crippen LogP contribution in [-0.2, 0) is 0 Å². The molecule has 1 heterocycles. The number of rotatable bonds is 2. The van der Waals surface area contributed by atoms with Gasteiger partial charge in [0, 0.05) is 11.5 Å². The maximum Gasteiger partial charge on any atom is 0.254 e. The van der Waals surface area contributed by atoms with Crippen molar-refractivity contribution in [3.8, 4) is 0 Å². The first kappa shape index (κ1) is 10.2. The fourth-order valence-electron chi connectivity index (χ4n) is 1.78. The number of aliphatic hydroxyl groups is 1. The monoisotopic (exact) mass is 209 g/mol. The van der Waals surface area contributed by atoms with E-state index < -0.39 is 0 Å². The van der Waals surface area contributed by atoms with Crippen LogP contribution in [0.2, 0.25) is 0 Å². The van der Waals surface area contributed by atoms with E-state index in [4.69, 9.17) is 4.42 Å². The predicted octanol–water partition coefficient (Wildman–Crippen LogP) is 1.17. The number of amides is 1. The number of hydrogen-bond acceptors (Lipinski definition) is 3. The summed E-state index contributed by atoms with van der Waals surface area (Å²) in [7, 11) is 0. The lowest BCUT2D eigenvalue weighted by molar-refractivity contribution is -0.0689. The highest BCUT2D eigenvalue weighted by Crippen LogP contribution is 2.40. The predicted molar refractivity (Wildman–Crippen MR) is 54.4 cm³/mol. The van der Waals surface area contributed by atoms with Gasteiger partial charge < -0.3 is 14.8 Å². The summed E-state index contributed by atoms with van der Waals surface area (Å²) in [4.78, 5) is 11.7. The zero-order valence-corrected chi connectivity index (χ0v) is 8.86.